The Hall–Kier alpha value is -1.55. The van der Waals surface area contributed by atoms with Crippen LogP contribution in [0.5, 0.6) is 0 Å². The van der Waals surface area contributed by atoms with Gasteiger partial charge >= 0.3 is 0 Å². The molecule has 4 rings (SSSR count). The molecule has 1 saturated heterocycles. The van der Waals surface area contributed by atoms with Crippen molar-refractivity contribution in [2.45, 2.75) is 19.5 Å². The minimum atomic E-state index is -2.95. The molecule has 1 fully saturated rings. The highest BCUT2D eigenvalue weighted by molar-refractivity contribution is 6.30. The zero-order valence-corrected chi connectivity index (χ0v) is 18.8. The summed E-state index contributed by atoms with van der Waals surface area (Å²) in [5.41, 5.74) is 2.31. The van der Waals surface area contributed by atoms with Gasteiger partial charge in [0, 0.05) is 48.5 Å². The molecule has 0 N–H and O–H groups in total. The first-order valence-corrected chi connectivity index (χ1v) is 9.53. The zero-order chi connectivity index (χ0) is 26.5. The fourth-order valence-electron chi connectivity index (χ4n) is 3.22. The van der Waals surface area contributed by atoms with Crippen molar-refractivity contribution in [2.75, 3.05) is 26.0 Å². The van der Waals surface area contributed by atoms with Gasteiger partial charge in [0.1, 0.15) is 0 Å². The van der Waals surface area contributed by atoms with Gasteiger partial charge in [-0.05, 0) is 41.3 Å². The summed E-state index contributed by atoms with van der Waals surface area (Å²) in [7, 11) is 0. The third-order valence-electron chi connectivity index (χ3n) is 4.76. The van der Waals surface area contributed by atoms with Gasteiger partial charge in [-0.3, -0.25) is 9.80 Å². The lowest BCUT2D eigenvalue weighted by Gasteiger charge is -2.40. The topological polar surface area (TPSA) is 6.48 Å². The average Bonchev–Trinajstić information content (AvgIpc) is 2.81. The average molecular weight is 472 g/mol. The van der Waals surface area contributed by atoms with Crippen LogP contribution in [0, 0.1) is 6.92 Å². The highest BCUT2D eigenvalue weighted by Crippen LogP contribution is 2.30. The predicted molar refractivity (Wildman–Crippen MR) is 132 cm³/mol. The third kappa shape index (κ3) is 6.00. The molecule has 1 aliphatic heterocycles. The largest absolute Gasteiger partial charge is 0.297 e. The first-order valence-electron chi connectivity index (χ1n) is 13.1. The van der Waals surface area contributed by atoms with E-state index in [9.17, 15) is 0 Å². The van der Waals surface area contributed by atoms with Crippen LogP contribution in [0.1, 0.15) is 39.3 Å². The number of halogens is 3. The Kier molecular flexibility index (Phi) is 5.98. The highest BCUT2D eigenvalue weighted by Gasteiger charge is 2.26. The number of benzene rings is 3. The van der Waals surface area contributed by atoms with Crippen LogP contribution in [0.15, 0.2) is 78.9 Å². The van der Waals surface area contributed by atoms with E-state index < -0.39 is 32.0 Å². The van der Waals surface area contributed by atoms with Crippen LogP contribution >= 0.6 is 36.4 Å². The lowest BCUT2D eigenvalue weighted by atomic mass is 9.96. The maximum Gasteiger partial charge on any atom is 0.0602 e. The number of aryl methyl sites for hydroxylation is 1. The highest BCUT2D eigenvalue weighted by atomic mass is 35.5. The maximum atomic E-state index is 8.98. The first-order chi connectivity index (χ1) is 16.7. The summed E-state index contributed by atoms with van der Waals surface area (Å²) in [4.78, 5) is 1.37. The first kappa shape index (κ1) is 15.3. The molecule has 5 heteroatoms. The lowest BCUT2D eigenvalue weighted by molar-refractivity contribution is 0.105. The van der Waals surface area contributed by atoms with E-state index in [0.29, 0.717) is 31.5 Å². The molecule has 30 heavy (non-hydrogen) atoms. The minimum Gasteiger partial charge on any atom is -0.297 e. The molecule has 0 saturated carbocycles. The van der Waals surface area contributed by atoms with Crippen molar-refractivity contribution >= 4 is 36.4 Å². The van der Waals surface area contributed by atoms with Crippen LogP contribution in [-0.4, -0.2) is 35.8 Å². The normalized spacial score (nSPS) is 26.3. The van der Waals surface area contributed by atoms with Crippen molar-refractivity contribution in [1.29, 1.82) is 0 Å². The summed E-state index contributed by atoms with van der Waals surface area (Å²) in [5.74, 6) is 0. The standard InChI is InChI=1S/C25H27ClN2.2ClH/c1-20-7-5-6-10-23(20)19-27-15-17-28(18-16-27)25(21-8-3-2-4-9-21)22-11-13-24(26)14-12-22;;/h2-14,25H,15-19H2,1H3;2*1H/i15D2,16D2,17D2,18D2;;. The molecule has 0 radical (unpaired) electrons. The van der Waals surface area contributed by atoms with E-state index in [-0.39, 0.29) is 31.4 Å². The molecule has 0 aromatic heterocycles. The summed E-state index contributed by atoms with van der Waals surface area (Å²) in [5, 5.41) is 0.435. The van der Waals surface area contributed by atoms with E-state index in [1.807, 2.05) is 0 Å². The van der Waals surface area contributed by atoms with E-state index in [1.165, 1.54) is 0 Å². The molecule has 0 aliphatic carbocycles. The maximum absolute atomic E-state index is 8.98. The minimum absolute atomic E-state index is 0. The molecule has 2 nitrogen and oxygen atoms in total. The Morgan fingerprint density at radius 3 is 2.00 bits per heavy atom. The third-order valence-corrected chi connectivity index (χ3v) is 5.01. The Bertz CT molecular complexity index is 1200. The molecular formula is C25H29Cl3N2. The number of nitrogens with zero attached hydrogens (tertiary/aromatic N) is 2. The van der Waals surface area contributed by atoms with Crippen LogP contribution in [0.2, 0.25) is 5.02 Å². The number of rotatable bonds is 5. The van der Waals surface area contributed by atoms with Gasteiger partial charge in [0.25, 0.3) is 0 Å². The van der Waals surface area contributed by atoms with Crippen LogP contribution in [0.3, 0.4) is 0 Å². The van der Waals surface area contributed by atoms with Gasteiger partial charge in [-0.2, -0.15) is 0 Å². The van der Waals surface area contributed by atoms with Gasteiger partial charge in [0.05, 0.1) is 6.04 Å². The van der Waals surface area contributed by atoms with Gasteiger partial charge in [0.2, 0.25) is 0 Å². The second-order valence-electron chi connectivity index (χ2n) is 6.69. The molecule has 1 aliphatic rings. The smallest absolute Gasteiger partial charge is 0.0602 e. The molecular weight excluding hydrogens is 435 g/mol. The van der Waals surface area contributed by atoms with Gasteiger partial charge in [-0.1, -0.05) is 78.3 Å². The molecule has 3 aromatic carbocycles. The summed E-state index contributed by atoms with van der Waals surface area (Å²) >= 11 is 6.07. The fraction of sp³-hybridized carbons (Fsp3) is 0.280. The number of hydrogen-bond donors (Lipinski definition) is 0. The van der Waals surface area contributed by atoms with E-state index in [0.717, 1.165) is 5.56 Å². The van der Waals surface area contributed by atoms with E-state index >= 15 is 0 Å². The van der Waals surface area contributed by atoms with Crippen molar-refractivity contribution in [3.05, 3.63) is 106 Å². The summed E-state index contributed by atoms with van der Waals surface area (Å²) in [6.45, 7) is -10.2. The van der Waals surface area contributed by atoms with Crippen molar-refractivity contribution in [3.63, 3.8) is 0 Å². The Morgan fingerprint density at radius 2 is 1.37 bits per heavy atom. The quantitative estimate of drug-likeness (QED) is 0.425. The van der Waals surface area contributed by atoms with Crippen molar-refractivity contribution in [1.82, 2.24) is 9.80 Å². The molecule has 1 heterocycles. The number of piperazine rings is 1. The fourth-order valence-corrected chi connectivity index (χ4v) is 3.35. The predicted octanol–water partition coefficient (Wildman–Crippen LogP) is 6.40. The molecule has 0 bridgehead atoms. The second-order valence-corrected chi connectivity index (χ2v) is 7.13. The van der Waals surface area contributed by atoms with E-state index in [2.05, 4.69) is 0 Å². The number of hydrogen-bond acceptors (Lipinski definition) is 2. The van der Waals surface area contributed by atoms with E-state index in [1.54, 1.807) is 85.8 Å². The molecule has 160 valence electrons. The van der Waals surface area contributed by atoms with Crippen molar-refractivity contribution in [3.8, 4) is 0 Å². The monoisotopic (exact) mass is 470 g/mol. The molecule has 1 atom stereocenters. The van der Waals surface area contributed by atoms with Gasteiger partial charge < -0.3 is 0 Å². The van der Waals surface area contributed by atoms with Crippen LogP contribution in [-0.2, 0) is 6.54 Å². The van der Waals surface area contributed by atoms with Crippen LogP contribution in [0.25, 0.3) is 0 Å². The SMILES string of the molecule is Cl.Cl.[2H]C1([2H])N(Cc2ccccc2C)C([2H])([2H])C([2H])([2H])N(C(c2ccccc2)c2ccc(Cl)cc2)C1([2H])[2H]. The summed E-state index contributed by atoms with van der Waals surface area (Å²) in [6, 6.07) is 20.9. The van der Waals surface area contributed by atoms with E-state index in [4.69, 9.17) is 22.6 Å². The molecule has 3 aromatic rings. The second kappa shape index (κ2) is 11.7. The molecule has 0 amide bonds. The lowest BCUT2D eigenvalue weighted by Crippen LogP contribution is -2.47. The van der Waals surface area contributed by atoms with Gasteiger partial charge in [0.15, 0.2) is 0 Å². The summed E-state index contributed by atoms with van der Waals surface area (Å²) in [6.07, 6.45) is 0. The summed E-state index contributed by atoms with van der Waals surface area (Å²) < 4.78 is 71.4. The van der Waals surface area contributed by atoms with Crippen molar-refractivity contribution < 1.29 is 11.0 Å². The van der Waals surface area contributed by atoms with Crippen LogP contribution in [0.4, 0.5) is 0 Å². The Balaban J connectivity index is 0.00000253. The Morgan fingerprint density at radius 1 is 0.800 bits per heavy atom. The van der Waals surface area contributed by atoms with Gasteiger partial charge in [-0.25, -0.2) is 0 Å². The van der Waals surface area contributed by atoms with Crippen molar-refractivity contribution in [2.24, 2.45) is 0 Å². The molecule has 0 spiro atoms. The zero-order valence-electron chi connectivity index (χ0n) is 24.4. The van der Waals surface area contributed by atoms with Gasteiger partial charge in [-0.15, -0.1) is 24.8 Å². The van der Waals surface area contributed by atoms with Crippen LogP contribution < -0.4 is 0 Å². The Labute approximate surface area is 208 Å². The molecule has 1 unspecified atom stereocenters.